The maximum atomic E-state index is 13.6. The molecule has 2 aromatic rings. The number of pyridine rings is 1. The average molecular weight is 479 g/mol. The summed E-state index contributed by atoms with van der Waals surface area (Å²) in [6.07, 6.45) is 10.0. The maximum absolute atomic E-state index is 13.6. The first-order valence-electron chi connectivity index (χ1n) is 11.9. The van der Waals surface area contributed by atoms with E-state index in [1.165, 1.54) is 0 Å². The Bertz CT molecular complexity index is 1080. The highest BCUT2D eigenvalue weighted by atomic mass is 32.1. The molecule has 0 bridgehead atoms. The summed E-state index contributed by atoms with van der Waals surface area (Å²) in [7, 11) is 1.78. The minimum Gasteiger partial charge on any atom is -0.342 e. The summed E-state index contributed by atoms with van der Waals surface area (Å²) in [5.41, 5.74) is 2.03. The molecule has 3 aliphatic rings. The lowest BCUT2D eigenvalue weighted by Crippen LogP contribution is -2.45. The first-order valence-corrected chi connectivity index (χ1v) is 12.8. The van der Waals surface area contributed by atoms with Gasteiger partial charge in [0.15, 0.2) is 0 Å². The lowest BCUT2D eigenvalue weighted by molar-refractivity contribution is -0.136. The highest BCUT2D eigenvalue weighted by Crippen LogP contribution is 2.43. The lowest BCUT2D eigenvalue weighted by Gasteiger charge is -2.39. The largest absolute Gasteiger partial charge is 0.342 e. The molecule has 3 amide bonds. The molecule has 5 heterocycles. The van der Waals surface area contributed by atoms with E-state index in [4.69, 9.17) is 0 Å². The van der Waals surface area contributed by atoms with Crippen LogP contribution in [0.25, 0.3) is 6.08 Å². The maximum Gasteiger partial charge on any atom is 0.246 e. The third-order valence-corrected chi connectivity index (χ3v) is 8.48. The van der Waals surface area contributed by atoms with Crippen LogP contribution in [0, 0.1) is 11.3 Å². The van der Waals surface area contributed by atoms with E-state index >= 15 is 0 Å². The summed E-state index contributed by atoms with van der Waals surface area (Å²) >= 11 is 1.62. The fraction of sp³-hybridized carbons (Fsp3) is 0.462. The molecular weight excluding hydrogens is 448 g/mol. The molecule has 0 N–H and O–H groups in total. The highest BCUT2D eigenvalue weighted by molar-refractivity contribution is 7.08. The molecule has 3 fully saturated rings. The molecule has 0 radical (unpaired) electrons. The van der Waals surface area contributed by atoms with Gasteiger partial charge in [-0.3, -0.25) is 19.4 Å². The van der Waals surface area contributed by atoms with Gasteiger partial charge in [-0.15, -0.1) is 0 Å². The van der Waals surface area contributed by atoms with Crippen LogP contribution in [0.1, 0.15) is 42.9 Å². The van der Waals surface area contributed by atoms with Crippen LogP contribution in [0.4, 0.5) is 0 Å². The zero-order chi connectivity index (χ0) is 23.7. The smallest absolute Gasteiger partial charge is 0.246 e. The number of likely N-dealkylation sites (tertiary alicyclic amines) is 3. The fourth-order valence-corrected chi connectivity index (χ4v) is 6.34. The van der Waals surface area contributed by atoms with Crippen LogP contribution < -0.4 is 0 Å². The molecule has 34 heavy (non-hydrogen) atoms. The molecule has 8 heteroatoms. The Labute approximate surface area is 204 Å². The number of thiophene rings is 1. The Balaban J connectivity index is 1.21. The molecule has 5 rings (SSSR count). The van der Waals surface area contributed by atoms with Crippen molar-refractivity contribution in [3.63, 3.8) is 0 Å². The molecule has 1 spiro atoms. The van der Waals surface area contributed by atoms with E-state index in [0.717, 1.165) is 50.0 Å². The Morgan fingerprint density at radius 2 is 1.91 bits per heavy atom. The number of aromatic nitrogens is 1. The summed E-state index contributed by atoms with van der Waals surface area (Å²) in [5, 5.41) is 4.02. The van der Waals surface area contributed by atoms with Crippen molar-refractivity contribution in [2.75, 3.05) is 33.2 Å². The summed E-state index contributed by atoms with van der Waals surface area (Å²) < 4.78 is 0. The molecule has 178 valence electrons. The Morgan fingerprint density at radius 1 is 1.15 bits per heavy atom. The number of piperidine rings is 1. The van der Waals surface area contributed by atoms with Crippen LogP contribution in [-0.2, 0) is 14.4 Å². The van der Waals surface area contributed by atoms with Crippen LogP contribution in [0.2, 0.25) is 0 Å². The van der Waals surface area contributed by atoms with Gasteiger partial charge in [0.1, 0.15) is 0 Å². The van der Waals surface area contributed by atoms with Crippen molar-refractivity contribution in [3.05, 3.63) is 58.6 Å². The van der Waals surface area contributed by atoms with Crippen LogP contribution in [0.5, 0.6) is 0 Å². The SMILES string of the molecule is CN1C(=O)CC(C(=O)N2CCC3(CCN(C(=O)C=Cc4ccsc4)CC3)C2)C1c1cccnc1. The minimum atomic E-state index is -0.374. The van der Waals surface area contributed by atoms with Gasteiger partial charge in [0, 0.05) is 58.1 Å². The fourth-order valence-electron chi connectivity index (χ4n) is 5.71. The van der Waals surface area contributed by atoms with Crippen LogP contribution >= 0.6 is 11.3 Å². The highest BCUT2D eigenvalue weighted by Gasteiger charge is 2.48. The standard InChI is InChI=1S/C26H30N4O3S/c1-28-23(32)15-21(24(28)20-3-2-10-27-16-20)25(33)30-13-9-26(18-30)7-11-29(12-8-26)22(31)5-4-19-6-14-34-17-19/h2-6,10,14,16-17,21,24H,7-9,11-13,15,18H2,1H3. The van der Waals surface area contributed by atoms with Crippen molar-refractivity contribution in [1.82, 2.24) is 19.7 Å². The third kappa shape index (κ3) is 4.39. The second-order valence-corrected chi connectivity index (χ2v) is 10.6. The number of carbonyl (C=O) groups excluding carboxylic acids is 3. The van der Waals surface area contributed by atoms with E-state index in [1.807, 2.05) is 44.8 Å². The van der Waals surface area contributed by atoms with Gasteiger partial charge in [0.05, 0.1) is 12.0 Å². The van der Waals surface area contributed by atoms with Crippen molar-refractivity contribution in [1.29, 1.82) is 0 Å². The normalized spacial score (nSPS) is 24.5. The molecule has 7 nitrogen and oxygen atoms in total. The molecule has 3 aliphatic heterocycles. The second kappa shape index (κ2) is 9.33. The molecule has 0 aromatic carbocycles. The minimum absolute atomic E-state index is 0.00319. The van der Waals surface area contributed by atoms with E-state index in [0.29, 0.717) is 6.54 Å². The summed E-state index contributed by atoms with van der Waals surface area (Å²) in [6, 6.07) is 5.53. The van der Waals surface area contributed by atoms with Crippen molar-refractivity contribution in [3.8, 4) is 0 Å². The van der Waals surface area contributed by atoms with Gasteiger partial charge in [0.2, 0.25) is 17.7 Å². The van der Waals surface area contributed by atoms with Crippen LogP contribution in [-0.4, -0.2) is 70.6 Å². The van der Waals surface area contributed by atoms with Gasteiger partial charge in [0.25, 0.3) is 0 Å². The second-order valence-electron chi connectivity index (χ2n) is 9.77. The van der Waals surface area contributed by atoms with E-state index in [-0.39, 0.29) is 41.5 Å². The van der Waals surface area contributed by atoms with E-state index in [2.05, 4.69) is 4.98 Å². The van der Waals surface area contributed by atoms with Gasteiger partial charge < -0.3 is 14.7 Å². The molecular formula is C26H30N4O3S. The van der Waals surface area contributed by atoms with Gasteiger partial charge in [-0.05, 0) is 64.8 Å². The summed E-state index contributed by atoms with van der Waals surface area (Å²) in [6.45, 7) is 2.88. The quantitative estimate of drug-likeness (QED) is 0.633. The molecule has 3 saturated heterocycles. The lowest BCUT2D eigenvalue weighted by atomic mass is 9.77. The van der Waals surface area contributed by atoms with E-state index < -0.39 is 0 Å². The molecule has 2 unspecified atom stereocenters. The molecule has 0 saturated carbocycles. The van der Waals surface area contributed by atoms with E-state index in [9.17, 15) is 14.4 Å². The van der Waals surface area contributed by atoms with Crippen molar-refractivity contribution in [2.45, 2.75) is 31.7 Å². The van der Waals surface area contributed by atoms with Gasteiger partial charge in [-0.2, -0.15) is 11.3 Å². The topological polar surface area (TPSA) is 73.8 Å². The zero-order valence-corrected chi connectivity index (χ0v) is 20.2. The van der Waals surface area contributed by atoms with Crippen molar-refractivity contribution < 1.29 is 14.4 Å². The van der Waals surface area contributed by atoms with Gasteiger partial charge in [-0.1, -0.05) is 6.07 Å². The molecule has 2 aromatic heterocycles. The number of hydrogen-bond donors (Lipinski definition) is 0. The Morgan fingerprint density at radius 3 is 2.59 bits per heavy atom. The number of rotatable bonds is 4. The van der Waals surface area contributed by atoms with Crippen LogP contribution in [0.15, 0.2) is 47.4 Å². The number of nitrogens with zero attached hydrogens (tertiary/aromatic N) is 4. The van der Waals surface area contributed by atoms with Crippen molar-refractivity contribution >= 4 is 35.1 Å². The first-order chi connectivity index (χ1) is 16.5. The molecule has 2 atom stereocenters. The summed E-state index contributed by atoms with van der Waals surface area (Å²) in [5.74, 6) is -0.247. The third-order valence-electron chi connectivity index (χ3n) is 7.78. The van der Waals surface area contributed by atoms with Gasteiger partial charge >= 0.3 is 0 Å². The zero-order valence-electron chi connectivity index (χ0n) is 19.4. The molecule has 0 aliphatic carbocycles. The predicted octanol–water partition coefficient (Wildman–Crippen LogP) is 3.22. The number of hydrogen-bond acceptors (Lipinski definition) is 5. The van der Waals surface area contributed by atoms with Crippen LogP contribution in [0.3, 0.4) is 0 Å². The summed E-state index contributed by atoms with van der Waals surface area (Å²) in [4.78, 5) is 48.5. The predicted molar refractivity (Wildman–Crippen MR) is 131 cm³/mol. The van der Waals surface area contributed by atoms with Crippen molar-refractivity contribution in [2.24, 2.45) is 11.3 Å². The Hall–Kier alpha value is -3.00. The average Bonchev–Trinajstić information content (AvgIpc) is 3.59. The van der Waals surface area contributed by atoms with E-state index in [1.54, 1.807) is 41.8 Å². The number of amides is 3. The van der Waals surface area contributed by atoms with Gasteiger partial charge in [-0.25, -0.2) is 0 Å². The number of carbonyl (C=O) groups is 3. The Kier molecular flexibility index (Phi) is 6.25. The first kappa shape index (κ1) is 22.8. The monoisotopic (exact) mass is 478 g/mol.